The van der Waals surface area contributed by atoms with E-state index < -0.39 is 0 Å². The van der Waals surface area contributed by atoms with E-state index in [0.717, 1.165) is 11.8 Å². The van der Waals surface area contributed by atoms with Gasteiger partial charge in [0.05, 0.1) is 26.4 Å². The van der Waals surface area contributed by atoms with Gasteiger partial charge in [0, 0.05) is 22.8 Å². The Morgan fingerprint density at radius 2 is 1.48 bits per heavy atom. The van der Waals surface area contributed by atoms with Gasteiger partial charge in [0.2, 0.25) is 0 Å². The summed E-state index contributed by atoms with van der Waals surface area (Å²) in [7, 11) is 3.15. The number of hydrogen-bond donors (Lipinski definition) is 0. The van der Waals surface area contributed by atoms with E-state index in [1.807, 2.05) is 45.9 Å². The number of unbranched alkanes of at least 4 members (excludes halogenated alkanes) is 1. The Labute approximate surface area is 208 Å². The zero-order valence-corrected chi connectivity index (χ0v) is 21.3. The van der Waals surface area contributed by atoms with Crippen LogP contribution in [0.1, 0.15) is 68.9 Å². The van der Waals surface area contributed by atoms with Crippen LogP contribution in [0.4, 0.5) is 0 Å². The molecule has 0 fully saturated rings. The molecule has 0 aliphatic heterocycles. The third-order valence-corrected chi connectivity index (χ3v) is 4.40. The van der Waals surface area contributed by atoms with Crippen molar-refractivity contribution in [2.75, 3.05) is 14.2 Å². The molecule has 0 aliphatic carbocycles. The summed E-state index contributed by atoms with van der Waals surface area (Å²) in [5.41, 5.74) is 1.75. The zero-order chi connectivity index (χ0) is 24.8. The van der Waals surface area contributed by atoms with Crippen LogP contribution in [0.3, 0.4) is 0 Å². The van der Waals surface area contributed by atoms with Gasteiger partial charge in [-0.25, -0.2) is 0 Å². The summed E-state index contributed by atoms with van der Waals surface area (Å²) in [4.78, 5) is 11.5. The van der Waals surface area contributed by atoms with E-state index in [2.05, 4.69) is 36.5 Å². The van der Waals surface area contributed by atoms with Gasteiger partial charge in [0.15, 0.2) is 29.3 Å². The van der Waals surface area contributed by atoms with Crippen molar-refractivity contribution in [3.05, 3.63) is 47.0 Å². The van der Waals surface area contributed by atoms with Crippen LogP contribution in [0.15, 0.2) is 30.3 Å². The number of carbonyl (C=O) groups excluding carboxylic acids is 1. The van der Waals surface area contributed by atoms with E-state index in [-0.39, 0.29) is 12.2 Å². The summed E-state index contributed by atoms with van der Waals surface area (Å²) in [5.74, 6) is 8.42. The maximum absolute atomic E-state index is 11.5. The van der Waals surface area contributed by atoms with Crippen LogP contribution < -0.4 is 18.9 Å². The van der Waals surface area contributed by atoms with E-state index in [0.29, 0.717) is 34.1 Å². The zero-order valence-electron chi connectivity index (χ0n) is 21.3. The molecule has 33 heavy (non-hydrogen) atoms. The first kappa shape index (κ1) is 28.5. The van der Waals surface area contributed by atoms with Crippen molar-refractivity contribution in [3.63, 3.8) is 0 Å². The minimum absolute atomic E-state index is 0.0107. The van der Waals surface area contributed by atoms with Crippen LogP contribution >= 0.6 is 0 Å². The number of carbonyl (C=O) groups is 1. The topological polar surface area (TPSA) is 54.0 Å². The molecule has 6 heteroatoms. The molecule has 2 aromatic rings. The number of rotatable bonds is 9. The van der Waals surface area contributed by atoms with Gasteiger partial charge in [0.25, 0.3) is 0 Å². The van der Waals surface area contributed by atoms with Crippen LogP contribution in [0.5, 0.6) is 23.0 Å². The minimum atomic E-state index is -0.0380. The number of ether oxygens (including phenoxy) is 4. The number of aldehydes is 1. The number of hydrogen-bond acceptors (Lipinski definition) is 5. The third kappa shape index (κ3) is 9.87. The van der Waals surface area contributed by atoms with Gasteiger partial charge in [-0.15, -0.1) is 0 Å². The fourth-order valence-corrected chi connectivity index (χ4v) is 2.88. The summed E-state index contributed by atoms with van der Waals surface area (Å²) in [6.45, 7) is 9.92. The molecule has 2 aromatic carbocycles. The van der Waals surface area contributed by atoms with Gasteiger partial charge in [-0.2, -0.15) is 0 Å². The van der Waals surface area contributed by atoms with Crippen molar-refractivity contribution in [1.29, 1.82) is 0 Å². The van der Waals surface area contributed by atoms with Gasteiger partial charge >= 0.3 is 42.6 Å². The van der Waals surface area contributed by atoms with Gasteiger partial charge in [0.1, 0.15) is 0 Å². The first-order chi connectivity index (χ1) is 15.8. The Kier molecular flexibility index (Phi) is 13.2. The number of benzene rings is 2. The third-order valence-electron chi connectivity index (χ3n) is 4.40. The Hall–Kier alpha value is -2.53. The molecule has 0 unspecified atom stereocenters. The average molecular weight is 447 g/mol. The quantitative estimate of drug-likeness (QED) is 0.274. The summed E-state index contributed by atoms with van der Waals surface area (Å²) < 4.78 is 22.2. The molecule has 0 spiro atoms. The van der Waals surface area contributed by atoms with Gasteiger partial charge < -0.3 is 18.9 Å². The van der Waals surface area contributed by atoms with E-state index in [1.54, 1.807) is 26.4 Å². The molecular formula is C27H35LiO5. The van der Waals surface area contributed by atoms with Crippen LogP contribution in [-0.4, -0.2) is 50.4 Å². The second-order valence-electron chi connectivity index (χ2n) is 8.01. The van der Waals surface area contributed by atoms with Crippen molar-refractivity contribution >= 4 is 24.0 Å². The van der Waals surface area contributed by atoms with Crippen molar-refractivity contribution in [1.82, 2.24) is 0 Å². The second-order valence-corrected chi connectivity index (χ2v) is 8.01. The fraction of sp³-hybridized carbons (Fsp3) is 0.444. The Morgan fingerprint density at radius 1 is 0.879 bits per heavy atom. The summed E-state index contributed by atoms with van der Waals surface area (Å²) in [6, 6.07) is 8.83. The van der Waals surface area contributed by atoms with Crippen molar-refractivity contribution in [2.45, 2.75) is 64.8 Å². The molecule has 0 heterocycles. The van der Waals surface area contributed by atoms with Crippen LogP contribution in [-0.2, 0) is 0 Å². The number of methoxy groups -OCH3 is 2. The van der Waals surface area contributed by atoms with E-state index in [4.69, 9.17) is 18.9 Å². The molecule has 0 aliphatic rings. The van der Waals surface area contributed by atoms with E-state index >= 15 is 0 Å². The second kappa shape index (κ2) is 15.3. The van der Waals surface area contributed by atoms with Gasteiger partial charge in [-0.3, -0.25) is 4.79 Å². The molecule has 0 amide bonds. The molecule has 0 radical (unpaired) electrons. The Balaban J connectivity index is 0.000000981. The molecule has 5 nitrogen and oxygen atoms in total. The molecule has 174 valence electrons. The normalized spacial score (nSPS) is 10.0. The van der Waals surface area contributed by atoms with Crippen molar-refractivity contribution in [3.8, 4) is 34.8 Å². The molecule has 0 saturated heterocycles. The van der Waals surface area contributed by atoms with E-state index in [9.17, 15) is 4.79 Å². The maximum atomic E-state index is 11.5. The molecule has 0 atom stereocenters. The van der Waals surface area contributed by atoms with Crippen molar-refractivity contribution < 1.29 is 23.7 Å². The SMILES string of the molecule is COc1ccc(C#Cc2cc(OC)c(OC(C)C)cc2C=O)cc1OC(C)C.[Li][CH2]CCC. The molecule has 0 N–H and O–H groups in total. The average Bonchev–Trinajstić information content (AvgIpc) is 2.78. The summed E-state index contributed by atoms with van der Waals surface area (Å²) in [6.07, 6.45) is 3.47. The molecule has 0 saturated carbocycles. The predicted octanol–water partition coefficient (Wildman–Crippen LogP) is 5.86. The van der Waals surface area contributed by atoms with Gasteiger partial charge in [-0.1, -0.05) is 11.8 Å². The molecular weight excluding hydrogens is 411 g/mol. The van der Waals surface area contributed by atoms with Crippen LogP contribution in [0, 0.1) is 11.8 Å². The standard InChI is InChI=1S/C23H26O5.C4H9.Li/c1-15(2)27-22-11-17(8-10-20(22)25-5)7-9-18-12-21(26-6)23(28-16(3)4)13-19(18)14-24;1-3-4-2;/h8,10-16H,1-6H3;1,3-4H2,2H3;. The fourth-order valence-electron chi connectivity index (χ4n) is 2.88. The summed E-state index contributed by atoms with van der Waals surface area (Å²) >= 11 is 2.21. The molecule has 2 rings (SSSR count). The molecule has 0 bridgehead atoms. The monoisotopic (exact) mass is 446 g/mol. The van der Waals surface area contributed by atoms with Gasteiger partial charge in [-0.05, 0) is 52.0 Å². The van der Waals surface area contributed by atoms with Crippen LogP contribution in [0.2, 0.25) is 5.09 Å². The Morgan fingerprint density at radius 3 is 1.94 bits per heavy atom. The molecule has 0 aromatic heterocycles. The first-order valence-electron chi connectivity index (χ1n) is 11.5. The summed E-state index contributed by atoms with van der Waals surface area (Å²) in [5, 5.41) is 1.34. The van der Waals surface area contributed by atoms with Crippen molar-refractivity contribution in [2.24, 2.45) is 0 Å². The van der Waals surface area contributed by atoms with E-state index in [1.165, 1.54) is 17.9 Å². The van der Waals surface area contributed by atoms with Crippen LogP contribution in [0.25, 0.3) is 0 Å². The Bertz CT molecular complexity index is 940. The predicted molar refractivity (Wildman–Crippen MR) is 134 cm³/mol. The first-order valence-corrected chi connectivity index (χ1v) is 11.5.